The van der Waals surface area contributed by atoms with Gasteiger partial charge < -0.3 is 25.2 Å². The van der Waals surface area contributed by atoms with Gasteiger partial charge in [-0.15, -0.1) is 6.58 Å². The predicted octanol–water partition coefficient (Wildman–Crippen LogP) is 3.09. The van der Waals surface area contributed by atoms with Gasteiger partial charge in [-0.3, -0.25) is 24.0 Å². The average molecular weight is 753 g/mol. The Bertz CT molecular complexity index is 1760. The Morgan fingerprint density at radius 1 is 1.00 bits per heavy atom. The number of aryl methyl sites for hydroxylation is 1. The van der Waals surface area contributed by atoms with Crippen LogP contribution >= 0.6 is 0 Å². The molecule has 53 heavy (non-hydrogen) atoms. The molecule has 3 aliphatic heterocycles. The number of urea groups is 1. The molecule has 5 atom stereocenters. The SMILES string of the molecule is C=C[C@@H]1C[C@]1(NC(=O)[C@@H]1C[C@@H]2CN1C(=O)[C@H](C1CCCCC1)NC(=O)N(C)CCCCCc1cccc3c1CN(C3)C(=O)O2)C(=O)NS(=O)(=O)C1CC1. The summed E-state index contributed by atoms with van der Waals surface area (Å²) >= 11 is 0. The molecule has 7 rings (SSSR count). The topological polar surface area (TPSA) is 175 Å². The maximum absolute atomic E-state index is 14.7. The highest BCUT2D eigenvalue weighted by atomic mass is 32.2. The summed E-state index contributed by atoms with van der Waals surface area (Å²) in [5.41, 5.74) is 1.82. The first kappa shape index (κ1) is 37.2. The Morgan fingerprint density at radius 3 is 2.45 bits per heavy atom. The summed E-state index contributed by atoms with van der Waals surface area (Å²) < 4.78 is 33.6. The molecule has 1 aromatic carbocycles. The van der Waals surface area contributed by atoms with Gasteiger partial charge in [-0.05, 0) is 74.0 Å². The van der Waals surface area contributed by atoms with E-state index in [1.165, 1.54) is 16.5 Å². The number of rotatable bonds is 7. The number of ether oxygens (including phenoxy) is 1. The van der Waals surface area contributed by atoms with Gasteiger partial charge in [0.05, 0.1) is 11.8 Å². The number of carbonyl (C=O) groups is 5. The number of carbonyl (C=O) groups excluding carboxylic acids is 5. The lowest BCUT2D eigenvalue weighted by molar-refractivity contribution is -0.142. The van der Waals surface area contributed by atoms with E-state index in [-0.39, 0.29) is 31.3 Å². The quantitative estimate of drug-likeness (QED) is 0.357. The highest BCUT2D eigenvalue weighted by Gasteiger charge is 2.62. The van der Waals surface area contributed by atoms with Crippen molar-refractivity contribution in [1.29, 1.82) is 0 Å². The smallest absolute Gasteiger partial charge is 0.410 e. The fourth-order valence-corrected chi connectivity index (χ4v) is 10.0. The molecule has 3 N–H and O–H groups in total. The Morgan fingerprint density at radius 2 is 1.74 bits per heavy atom. The van der Waals surface area contributed by atoms with Gasteiger partial charge >= 0.3 is 12.1 Å². The van der Waals surface area contributed by atoms with E-state index in [0.29, 0.717) is 32.5 Å². The third-order valence-electron chi connectivity index (χ3n) is 12.2. The Balaban J connectivity index is 1.17. The minimum Gasteiger partial charge on any atom is -0.444 e. The van der Waals surface area contributed by atoms with Crippen LogP contribution in [0.2, 0.25) is 0 Å². The molecule has 4 fully saturated rings. The number of sulfonamides is 1. The molecule has 288 valence electrons. The van der Waals surface area contributed by atoms with Crippen LogP contribution in [0.3, 0.4) is 0 Å². The van der Waals surface area contributed by atoms with E-state index in [9.17, 15) is 32.4 Å². The first-order valence-corrected chi connectivity index (χ1v) is 20.8. The zero-order valence-corrected chi connectivity index (χ0v) is 31.3. The molecule has 6 aliphatic rings. The van der Waals surface area contributed by atoms with Crippen molar-refractivity contribution in [3.05, 3.63) is 47.5 Å². The fourth-order valence-electron chi connectivity index (χ4n) is 8.68. The van der Waals surface area contributed by atoms with Gasteiger partial charge in [-0.25, -0.2) is 18.0 Å². The van der Waals surface area contributed by atoms with E-state index >= 15 is 0 Å². The van der Waals surface area contributed by atoms with Gasteiger partial charge in [0.1, 0.15) is 23.7 Å². The van der Waals surface area contributed by atoms with Crippen LogP contribution in [0.1, 0.15) is 93.7 Å². The minimum absolute atomic E-state index is 0.0303. The molecule has 3 heterocycles. The summed E-state index contributed by atoms with van der Waals surface area (Å²) in [6, 6.07) is 3.69. The number of nitrogens with one attached hydrogen (secondary N) is 3. The van der Waals surface area contributed by atoms with Crippen molar-refractivity contribution in [2.24, 2.45) is 11.8 Å². The summed E-state index contributed by atoms with van der Waals surface area (Å²) in [6.45, 7) is 5.02. The molecule has 1 aromatic rings. The molecule has 0 unspecified atom stereocenters. The van der Waals surface area contributed by atoms with Crippen LogP contribution in [-0.4, -0.2) is 102 Å². The number of benzene rings is 1. The number of hydrogen-bond donors (Lipinski definition) is 3. The molecular weight excluding hydrogens is 701 g/mol. The molecule has 0 radical (unpaired) electrons. The number of hydrogen-bond acceptors (Lipinski definition) is 8. The molecule has 3 aliphatic carbocycles. The highest BCUT2D eigenvalue weighted by Crippen LogP contribution is 2.45. The molecular formula is C38H52N6O8S. The van der Waals surface area contributed by atoms with Crippen molar-refractivity contribution in [3.63, 3.8) is 0 Å². The maximum Gasteiger partial charge on any atom is 0.410 e. The van der Waals surface area contributed by atoms with Crippen LogP contribution in [0.5, 0.6) is 0 Å². The number of fused-ring (bicyclic) bond motifs is 3. The van der Waals surface area contributed by atoms with Gasteiger partial charge in [0.25, 0.3) is 5.91 Å². The van der Waals surface area contributed by atoms with Crippen molar-refractivity contribution < 1.29 is 37.1 Å². The monoisotopic (exact) mass is 752 g/mol. The molecule has 6 amide bonds. The zero-order chi connectivity index (χ0) is 37.5. The molecule has 0 aromatic heterocycles. The zero-order valence-electron chi connectivity index (χ0n) is 30.5. The Hall–Kier alpha value is -4.14. The number of amides is 6. The summed E-state index contributed by atoms with van der Waals surface area (Å²) in [6.07, 6.45) is 8.99. The third kappa shape index (κ3) is 7.76. The highest BCUT2D eigenvalue weighted by molar-refractivity contribution is 7.91. The molecule has 14 nitrogen and oxygen atoms in total. The predicted molar refractivity (Wildman–Crippen MR) is 194 cm³/mol. The van der Waals surface area contributed by atoms with Crippen LogP contribution < -0.4 is 15.4 Å². The van der Waals surface area contributed by atoms with E-state index < -0.39 is 68.7 Å². The van der Waals surface area contributed by atoms with Crippen LogP contribution in [-0.2, 0) is 48.7 Å². The summed E-state index contributed by atoms with van der Waals surface area (Å²) in [5, 5.41) is 5.19. The summed E-state index contributed by atoms with van der Waals surface area (Å²) in [4.78, 5) is 74.5. The molecule has 3 saturated carbocycles. The molecule has 4 bridgehead atoms. The second-order valence-corrected chi connectivity index (χ2v) is 17.9. The molecule has 1 saturated heterocycles. The van der Waals surface area contributed by atoms with E-state index in [4.69, 9.17) is 4.74 Å². The van der Waals surface area contributed by atoms with Gasteiger partial charge in [-0.1, -0.05) is 50.0 Å². The van der Waals surface area contributed by atoms with Gasteiger partial charge in [0.2, 0.25) is 21.8 Å². The van der Waals surface area contributed by atoms with Crippen LogP contribution in [0.4, 0.5) is 9.59 Å². The van der Waals surface area contributed by atoms with E-state index in [1.807, 2.05) is 12.1 Å². The van der Waals surface area contributed by atoms with E-state index in [1.54, 1.807) is 16.8 Å². The van der Waals surface area contributed by atoms with Crippen LogP contribution in [0, 0.1) is 11.8 Å². The number of nitrogens with zero attached hydrogens (tertiary/aromatic N) is 3. The lowest BCUT2D eigenvalue weighted by atomic mass is 9.83. The Kier molecular flexibility index (Phi) is 10.5. The molecule has 15 heteroatoms. The second-order valence-electron chi connectivity index (χ2n) is 15.9. The Labute approximate surface area is 311 Å². The van der Waals surface area contributed by atoms with Gasteiger partial charge in [0.15, 0.2) is 0 Å². The first-order valence-electron chi connectivity index (χ1n) is 19.3. The fraction of sp³-hybridized carbons (Fsp3) is 0.658. The van der Waals surface area contributed by atoms with Crippen LogP contribution in [0.15, 0.2) is 30.9 Å². The standard InChI is InChI=1S/C38H52N6O8S/c1-3-27-20-38(27,35(47)41-53(50,51)29-16-17-29)40-33(45)31-19-28-22-44(31)34(46)32(25-12-6-4-7-13-25)39-36(48)42(2)18-9-5-8-11-24-14-10-15-26-21-43(23-30(24)26)37(49)52-28/h3,10,14-15,25,27-29,31-32H,1,4-9,11-13,16-23H2,2H3,(H,39,48)(H,40,45)(H,41,47)/t27-,28-,31+,32+,38-/m1/s1. The average Bonchev–Trinajstić information content (AvgIpc) is 4.04. The third-order valence-corrected chi connectivity index (χ3v) is 14.0. The van der Waals surface area contributed by atoms with Crippen molar-refractivity contribution in [1.82, 2.24) is 30.1 Å². The van der Waals surface area contributed by atoms with Crippen molar-refractivity contribution >= 4 is 39.9 Å². The lowest BCUT2D eigenvalue weighted by Crippen LogP contribution is -2.60. The second kappa shape index (κ2) is 14.9. The van der Waals surface area contributed by atoms with E-state index in [0.717, 1.165) is 68.9 Å². The van der Waals surface area contributed by atoms with Gasteiger partial charge in [0, 0.05) is 39.0 Å². The first-order chi connectivity index (χ1) is 25.4. The largest absolute Gasteiger partial charge is 0.444 e. The maximum atomic E-state index is 14.7. The summed E-state index contributed by atoms with van der Waals surface area (Å²) in [7, 11) is -2.17. The summed E-state index contributed by atoms with van der Waals surface area (Å²) in [5.74, 6) is -2.61. The lowest BCUT2D eigenvalue weighted by Gasteiger charge is -2.35. The molecule has 0 spiro atoms. The van der Waals surface area contributed by atoms with Crippen molar-refractivity contribution in [2.45, 2.75) is 126 Å². The normalized spacial score (nSPS) is 30.1. The minimum atomic E-state index is -3.89. The van der Waals surface area contributed by atoms with Gasteiger partial charge in [-0.2, -0.15) is 0 Å². The van der Waals surface area contributed by atoms with Crippen molar-refractivity contribution in [2.75, 3.05) is 20.1 Å². The van der Waals surface area contributed by atoms with Crippen molar-refractivity contribution in [3.8, 4) is 0 Å². The van der Waals surface area contributed by atoms with Crippen LogP contribution in [0.25, 0.3) is 0 Å². The van der Waals surface area contributed by atoms with E-state index in [2.05, 4.69) is 28.0 Å².